The number of Topliss-reactive ketones (excluding diaryl/α,β-unsaturated/α-hetero) is 1. The molecule has 0 aliphatic heterocycles. The van der Waals surface area contributed by atoms with Crippen molar-refractivity contribution in [3.63, 3.8) is 0 Å². The van der Waals surface area contributed by atoms with Gasteiger partial charge in [0.05, 0.1) is 18.9 Å². The zero-order chi connectivity index (χ0) is 21.9. The summed E-state index contributed by atoms with van der Waals surface area (Å²) in [7, 11) is 1.59. The van der Waals surface area contributed by atoms with E-state index in [0.717, 1.165) is 11.3 Å². The van der Waals surface area contributed by atoms with E-state index in [9.17, 15) is 9.59 Å². The molecular weight excluding hydrogens is 430 g/mol. The largest absolute Gasteiger partial charge is 0.497 e. The van der Waals surface area contributed by atoms with Crippen molar-refractivity contribution < 1.29 is 19.1 Å². The Labute approximate surface area is 190 Å². The molecule has 0 aliphatic carbocycles. The molecule has 1 N–H and O–H groups in total. The number of ether oxygens (including phenoxy) is 2. The molecule has 0 radical (unpaired) electrons. The van der Waals surface area contributed by atoms with Crippen molar-refractivity contribution in [3.05, 3.63) is 82.6 Å². The number of hydrogen-bond donors (Lipinski definition) is 1. The molecule has 0 spiro atoms. The van der Waals surface area contributed by atoms with Crippen LogP contribution in [0.15, 0.2) is 71.4 Å². The molecule has 0 saturated carbocycles. The molecule has 7 heteroatoms. The number of carbonyl (C=O) groups is 2. The number of methoxy groups -OCH3 is 1. The summed E-state index contributed by atoms with van der Waals surface area (Å²) in [5.74, 6) is 2.07. The van der Waals surface area contributed by atoms with Crippen molar-refractivity contribution in [2.24, 2.45) is 0 Å². The summed E-state index contributed by atoms with van der Waals surface area (Å²) in [5.41, 5.74) is 2.21. The maximum Gasteiger partial charge on any atom is 0.258 e. The third kappa shape index (κ3) is 7.77. The first-order valence-corrected chi connectivity index (χ1v) is 12.0. The monoisotopic (exact) mass is 455 g/mol. The molecule has 0 saturated heterocycles. The summed E-state index contributed by atoms with van der Waals surface area (Å²) in [6, 6.07) is 18.2. The van der Waals surface area contributed by atoms with Crippen LogP contribution in [0.25, 0.3) is 0 Å². The lowest BCUT2D eigenvalue weighted by Crippen LogP contribution is -2.45. The van der Waals surface area contributed by atoms with Gasteiger partial charge in [-0.2, -0.15) is 11.3 Å². The van der Waals surface area contributed by atoms with Crippen LogP contribution in [0.3, 0.4) is 0 Å². The molecule has 3 rings (SSSR count). The number of carbonyl (C=O) groups excluding carboxylic acids is 2. The molecule has 31 heavy (non-hydrogen) atoms. The highest BCUT2D eigenvalue weighted by molar-refractivity contribution is 7.99. The molecule has 0 unspecified atom stereocenters. The van der Waals surface area contributed by atoms with E-state index < -0.39 is 6.04 Å². The molecule has 1 amide bonds. The summed E-state index contributed by atoms with van der Waals surface area (Å²) < 4.78 is 10.7. The van der Waals surface area contributed by atoms with Gasteiger partial charge >= 0.3 is 0 Å². The fourth-order valence-corrected chi connectivity index (χ4v) is 4.59. The Balaban J connectivity index is 1.55. The summed E-state index contributed by atoms with van der Waals surface area (Å²) in [6.45, 7) is -0.160. The van der Waals surface area contributed by atoms with Crippen LogP contribution in [0.2, 0.25) is 0 Å². The topological polar surface area (TPSA) is 64.6 Å². The number of thiophene rings is 1. The van der Waals surface area contributed by atoms with Crippen molar-refractivity contribution in [1.82, 2.24) is 5.32 Å². The Morgan fingerprint density at radius 2 is 1.74 bits per heavy atom. The molecule has 5 nitrogen and oxygen atoms in total. The van der Waals surface area contributed by atoms with Crippen molar-refractivity contribution in [2.45, 2.75) is 18.2 Å². The highest BCUT2D eigenvalue weighted by Gasteiger charge is 2.21. The van der Waals surface area contributed by atoms with E-state index in [0.29, 0.717) is 23.7 Å². The molecule has 162 valence electrons. The zero-order valence-electron chi connectivity index (χ0n) is 17.3. The van der Waals surface area contributed by atoms with E-state index in [2.05, 4.69) is 16.8 Å². The van der Waals surface area contributed by atoms with Gasteiger partial charge in [-0.1, -0.05) is 30.3 Å². The normalized spacial score (nSPS) is 11.5. The van der Waals surface area contributed by atoms with Gasteiger partial charge in [-0.3, -0.25) is 9.59 Å². The lowest BCUT2D eigenvalue weighted by atomic mass is 10.0. The van der Waals surface area contributed by atoms with Gasteiger partial charge in [0.2, 0.25) is 0 Å². The fraction of sp³-hybridized carbons (Fsp3) is 0.250. The Morgan fingerprint density at radius 1 is 1.00 bits per heavy atom. The summed E-state index contributed by atoms with van der Waals surface area (Å²) in [6.07, 6.45) is 0.451. The molecule has 3 aromatic rings. The third-order valence-electron chi connectivity index (χ3n) is 4.53. The maximum absolute atomic E-state index is 12.9. The van der Waals surface area contributed by atoms with Crippen molar-refractivity contribution >= 4 is 34.8 Å². The van der Waals surface area contributed by atoms with Crippen LogP contribution in [0.5, 0.6) is 11.5 Å². The van der Waals surface area contributed by atoms with Crippen LogP contribution < -0.4 is 14.8 Å². The highest BCUT2D eigenvalue weighted by Crippen LogP contribution is 2.18. The van der Waals surface area contributed by atoms with E-state index in [-0.39, 0.29) is 18.3 Å². The predicted molar refractivity (Wildman–Crippen MR) is 126 cm³/mol. The number of benzene rings is 2. The number of thioether (sulfide) groups is 1. The van der Waals surface area contributed by atoms with Crippen LogP contribution in [0.1, 0.15) is 11.1 Å². The minimum atomic E-state index is -0.593. The Hall–Kier alpha value is -2.77. The molecule has 0 aliphatic rings. The summed E-state index contributed by atoms with van der Waals surface area (Å²) in [4.78, 5) is 25.4. The molecule has 0 bridgehead atoms. The minimum absolute atomic E-state index is 0.00174. The molecule has 1 aromatic heterocycles. The van der Waals surface area contributed by atoms with E-state index in [1.807, 2.05) is 35.7 Å². The SMILES string of the molecule is COc1ccc(OCC(=O)N[C@@H](Cc2ccccc2)C(=O)CSCc2ccsc2)cc1. The number of amides is 1. The van der Waals surface area contributed by atoms with Gasteiger partial charge in [0.15, 0.2) is 12.4 Å². The lowest BCUT2D eigenvalue weighted by molar-refractivity contribution is -0.128. The van der Waals surface area contributed by atoms with E-state index in [1.165, 1.54) is 5.56 Å². The Bertz CT molecular complexity index is 943. The first-order chi connectivity index (χ1) is 15.1. The quantitative estimate of drug-likeness (QED) is 0.439. The fourth-order valence-electron chi connectivity index (χ4n) is 2.90. The lowest BCUT2D eigenvalue weighted by Gasteiger charge is -2.18. The predicted octanol–water partition coefficient (Wildman–Crippen LogP) is 4.37. The Morgan fingerprint density at radius 3 is 2.42 bits per heavy atom. The van der Waals surface area contributed by atoms with Gasteiger partial charge in [-0.25, -0.2) is 0 Å². The van der Waals surface area contributed by atoms with Gasteiger partial charge in [0.1, 0.15) is 11.5 Å². The first kappa shape index (κ1) is 22.9. The van der Waals surface area contributed by atoms with Crippen LogP contribution in [-0.2, 0) is 21.8 Å². The van der Waals surface area contributed by atoms with Crippen molar-refractivity contribution in [1.29, 1.82) is 0 Å². The van der Waals surface area contributed by atoms with Crippen LogP contribution in [-0.4, -0.2) is 37.2 Å². The average molecular weight is 456 g/mol. The van der Waals surface area contributed by atoms with Gasteiger partial charge in [0, 0.05) is 5.75 Å². The second kappa shape index (κ2) is 12.2. The molecule has 2 aromatic carbocycles. The minimum Gasteiger partial charge on any atom is -0.497 e. The average Bonchev–Trinajstić information content (AvgIpc) is 3.32. The van der Waals surface area contributed by atoms with Crippen molar-refractivity contribution in [3.8, 4) is 11.5 Å². The second-order valence-electron chi connectivity index (χ2n) is 6.86. The van der Waals surface area contributed by atoms with Crippen LogP contribution in [0, 0.1) is 0 Å². The highest BCUT2D eigenvalue weighted by atomic mass is 32.2. The zero-order valence-corrected chi connectivity index (χ0v) is 18.9. The van der Waals surface area contributed by atoms with Gasteiger partial charge in [-0.15, -0.1) is 11.8 Å². The standard InChI is InChI=1S/C24H25NO4S2/c1-28-20-7-9-21(10-8-20)29-14-24(27)25-22(13-18-5-3-2-4-6-18)23(26)17-31-16-19-11-12-30-15-19/h2-12,15,22H,13-14,16-17H2,1H3,(H,25,27)/t22-/m0/s1. The second-order valence-corrected chi connectivity index (χ2v) is 8.63. The molecule has 1 heterocycles. The Kier molecular flexibility index (Phi) is 8.99. The number of rotatable bonds is 12. The van der Waals surface area contributed by atoms with Crippen LogP contribution >= 0.6 is 23.1 Å². The van der Waals surface area contributed by atoms with E-state index >= 15 is 0 Å². The number of nitrogens with one attached hydrogen (secondary N) is 1. The number of ketones is 1. The molecule has 0 fully saturated rings. The molecular formula is C24H25NO4S2. The van der Waals surface area contributed by atoms with Crippen LogP contribution in [0.4, 0.5) is 0 Å². The summed E-state index contributed by atoms with van der Waals surface area (Å²) in [5, 5.41) is 6.96. The summed E-state index contributed by atoms with van der Waals surface area (Å²) >= 11 is 3.21. The van der Waals surface area contributed by atoms with Crippen molar-refractivity contribution in [2.75, 3.05) is 19.5 Å². The van der Waals surface area contributed by atoms with Gasteiger partial charge in [0.25, 0.3) is 5.91 Å². The van der Waals surface area contributed by atoms with E-state index in [4.69, 9.17) is 9.47 Å². The smallest absolute Gasteiger partial charge is 0.258 e. The molecule has 1 atom stereocenters. The third-order valence-corrected chi connectivity index (χ3v) is 6.29. The van der Waals surface area contributed by atoms with Gasteiger partial charge < -0.3 is 14.8 Å². The maximum atomic E-state index is 12.9. The number of hydrogen-bond acceptors (Lipinski definition) is 6. The van der Waals surface area contributed by atoms with Gasteiger partial charge in [-0.05, 0) is 58.6 Å². The first-order valence-electron chi connectivity index (χ1n) is 9.85. The van der Waals surface area contributed by atoms with E-state index in [1.54, 1.807) is 54.5 Å².